The van der Waals surface area contributed by atoms with Crippen LogP contribution in [0, 0.1) is 0 Å². The molecule has 2 N–H and O–H groups in total. The van der Waals surface area contributed by atoms with E-state index in [1.54, 1.807) is 12.1 Å². The lowest BCUT2D eigenvalue weighted by atomic mass is 10.3. The zero-order valence-electron chi connectivity index (χ0n) is 10.8. The first kappa shape index (κ1) is 16.0. The summed E-state index contributed by atoms with van der Waals surface area (Å²) in [7, 11) is -0.736. The van der Waals surface area contributed by atoms with Gasteiger partial charge in [-0.05, 0) is 24.6 Å². The van der Waals surface area contributed by atoms with Crippen LogP contribution >= 0.6 is 11.6 Å². The third kappa shape index (κ3) is 4.54. The van der Waals surface area contributed by atoms with Gasteiger partial charge in [-0.15, -0.1) is 0 Å². The second-order valence-corrected chi connectivity index (χ2v) is 6.04. The highest BCUT2D eigenvalue weighted by Gasteiger charge is 2.17. The summed E-state index contributed by atoms with van der Waals surface area (Å²) >= 11 is 5.92. The summed E-state index contributed by atoms with van der Waals surface area (Å²) in [4.78, 5) is 0. The minimum atomic E-state index is -3.65. The fourth-order valence-electron chi connectivity index (χ4n) is 1.37. The van der Waals surface area contributed by atoms with Crippen molar-refractivity contribution >= 4 is 27.5 Å². The average molecular weight is 309 g/mol. The molecule has 0 saturated carbocycles. The van der Waals surface area contributed by atoms with E-state index >= 15 is 0 Å². The Hall–Kier alpha value is -1.02. The lowest BCUT2D eigenvalue weighted by Crippen LogP contribution is -2.33. The van der Waals surface area contributed by atoms with Crippen LogP contribution in [0.4, 0.5) is 5.69 Å². The molecule has 0 saturated heterocycles. The molecule has 0 heterocycles. The second-order valence-electron chi connectivity index (χ2n) is 3.86. The molecule has 0 bridgehead atoms. The van der Waals surface area contributed by atoms with Crippen molar-refractivity contribution < 1.29 is 18.3 Å². The molecule has 0 radical (unpaired) electrons. The van der Waals surface area contributed by atoms with Gasteiger partial charge in [0, 0.05) is 20.2 Å². The van der Waals surface area contributed by atoms with E-state index in [1.807, 2.05) is 0 Å². The molecule has 0 unspecified atom stereocenters. The van der Waals surface area contributed by atoms with Gasteiger partial charge in [0.25, 0.3) is 0 Å². The molecule has 0 aromatic heterocycles. The molecule has 1 aromatic carbocycles. The van der Waals surface area contributed by atoms with E-state index in [0.717, 1.165) is 4.31 Å². The maximum atomic E-state index is 11.9. The second kappa shape index (κ2) is 6.95. The zero-order valence-corrected chi connectivity index (χ0v) is 12.3. The Morgan fingerprint density at radius 1 is 1.47 bits per heavy atom. The number of hydrogen-bond donors (Lipinski definition) is 2. The van der Waals surface area contributed by atoms with E-state index in [4.69, 9.17) is 21.4 Å². The molecule has 0 amide bonds. The van der Waals surface area contributed by atoms with Gasteiger partial charge in [0.2, 0.25) is 0 Å². The Morgan fingerprint density at radius 3 is 2.68 bits per heavy atom. The van der Waals surface area contributed by atoms with E-state index in [0.29, 0.717) is 22.9 Å². The summed E-state index contributed by atoms with van der Waals surface area (Å²) in [5.74, 6) is 0.471. The van der Waals surface area contributed by atoms with Gasteiger partial charge in [-0.25, -0.2) is 0 Å². The third-order valence-corrected chi connectivity index (χ3v) is 4.23. The van der Waals surface area contributed by atoms with Crippen molar-refractivity contribution in [3.8, 4) is 5.75 Å². The molecule has 1 aromatic rings. The number of aliphatic hydroxyl groups excluding tert-OH is 1. The highest BCUT2D eigenvalue weighted by Crippen LogP contribution is 2.27. The number of nitrogens with zero attached hydrogens (tertiary/aromatic N) is 1. The minimum absolute atomic E-state index is 0.0613. The van der Waals surface area contributed by atoms with Crippen LogP contribution in [0.25, 0.3) is 0 Å². The van der Waals surface area contributed by atoms with Gasteiger partial charge < -0.3 is 9.84 Å². The first-order valence-corrected chi connectivity index (χ1v) is 7.41. The van der Waals surface area contributed by atoms with Crippen molar-refractivity contribution in [1.82, 2.24) is 4.31 Å². The Kier molecular flexibility index (Phi) is 5.86. The number of aliphatic hydroxyl groups is 1. The standard InChI is InChI=1S/C11H17ClN2O4S/c1-14(6-3-7-15)19(16,17)13-9-4-5-11(18-2)10(12)8-9/h4-5,8,13,15H,3,6-7H2,1-2H3. The molecule has 0 atom stereocenters. The maximum Gasteiger partial charge on any atom is 0.301 e. The number of hydrogen-bond acceptors (Lipinski definition) is 4. The smallest absolute Gasteiger partial charge is 0.301 e. The van der Waals surface area contributed by atoms with Gasteiger partial charge in [-0.3, -0.25) is 4.72 Å². The zero-order chi connectivity index (χ0) is 14.5. The fraction of sp³-hybridized carbons (Fsp3) is 0.455. The van der Waals surface area contributed by atoms with Crippen molar-refractivity contribution in [2.75, 3.05) is 32.0 Å². The van der Waals surface area contributed by atoms with Gasteiger partial charge in [0.05, 0.1) is 17.8 Å². The van der Waals surface area contributed by atoms with E-state index in [2.05, 4.69) is 4.72 Å². The Labute approximate surface area is 118 Å². The van der Waals surface area contributed by atoms with Crippen LogP contribution in [0.2, 0.25) is 5.02 Å². The van der Waals surface area contributed by atoms with Gasteiger partial charge in [0.1, 0.15) is 5.75 Å². The lowest BCUT2D eigenvalue weighted by Gasteiger charge is -2.18. The highest BCUT2D eigenvalue weighted by atomic mass is 35.5. The van der Waals surface area contributed by atoms with E-state index in [-0.39, 0.29) is 13.2 Å². The Bertz CT molecular complexity index is 521. The molecule has 0 aliphatic heterocycles. The molecular weight excluding hydrogens is 292 g/mol. The van der Waals surface area contributed by atoms with Crippen LogP contribution in [0.1, 0.15) is 6.42 Å². The van der Waals surface area contributed by atoms with Crippen LogP contribution in [0.3, 0.4) is 0 Å². The van der Waals surface area contributed by atoms with Crippen molar-refractivity contribution in [3.63, 3.8) is 0 Å². The number of anilines is 1. The molecular formula is C11H17ClN2O4S. The van der Waals surface area contributed by atoms with Crippen molar-refractivity contribution in [3.05, 3.63) is 23.2 Å². The number of halogens is 1. The molecule has 8 heteroatoms. The van der Waals surface area contributed by atoms with Crippen LogP contribution in [-0.2, 0) is 10.2 Å². The maximum absolute atomic E-state index is 11.9. The van der Waals surface area contributed by atoms with Gasteiger partial charge in [-0.1, -0.05) is 11.6 Å². The average Bonchev–Trinajstić information content (AvgIpc) is 2.35. The number of nitrogens with one attached hydrogen (secondary N) is 1. The number of rotatable bonds is 7. The quantitative estimate of drug-likeness (QED) is 0.796. The summed E-state index contributed by atoms with van der Waals surface area (Å²) in [6, 6.07) is 4.61. The predicted molar refractivity (Wildman–Crippen MR) is 74.9 cm³/mol. The Morgan fingerprint density at radius 2 is 2.16 bits per heavy atom. The van der Waals surface area contributed by atoms with Gasteiger partial charge in [-0.2, -0.15) is 12.7 Å². The topological polar surface area (TPSA) is 78.9 Å². The molecule has 19 heavy (non-hydrogen) atoms. The molecule has 0 aliphatic carbocycles. The molecule has 6 nitrogen and oxygen atoms in total. The van der Waals surface area contributed by atoms with Crippen molar-refractivity contribution in [1.29, 1.82) is 0 Å². The summed E-state index contributed by atoms with van der Waals surface area (Å²) in [6.07, 6.45) is 0.376. The summed E-state index contributed by atoms with van der Waals surface area (Å²) in [6.45, 7) is 0.171. The fourth-order valence-corrected chi connectivity index (χ4v) is 2.58. The van der Waals surface area contributed by atoms with Crippen LogP contribution in [-0.4, -0.2) is 45.1 Å². The predicted octanol–water partition coefficient (Wildman–Crippen LogP) is 1.32. The Balaban J connectivity index is 2.80. The number of benzene rings is 1. The highest BCUT2D eigenvalue weighted by molar-refractivity contribution is 7.90. The lowest BCUT2D eigenvalue weighted by molar-refractivity contribution is 0.276. The van der Waals surface area contributed by atoms with E-state index in [1.165, 1.54) is 20.2 Å². The van der Waals surface area contributed by atoms with Crippen LogP contribution in [0.15, 0.2) is 18.2 Å². The van der Waals surface area contributed by atoms with Gasteiger partial charge >= 0.3 is 10.2 Å². The van der Waals surface area contributed by atoms with Crippen molar-refractivity contribution in [2.45, 2.75) is 6.42 Å². The van der Waals surface area contributed by atoms with E-state index < -0.39 is 10.2 Å². The first-order valence-electron chi connectivity index (χ1n) is 5.59. The number of methoxy groups -OCH3 is 1. The molecule has 0 spiro atoms. The summed E-state index contributed by atoms with van der Waals surface area (Å²) < 4.78 is 32.4. The SMILES string of the molecule is COc1ccc(NS(=O)(=O)N(C)CCCO)cc1Cl. The molecule has 0 fully saturated rings. The monoisotopic (exact) mass is 308 g/mol. The number of ether oxygens (including phenoxy) is 1. The largest absolute Gasteiger partial charge is 0.495 e. The molecule has 0 aliphatic rings. The van der Waals surface area contributed by atoms with Crippen LogP contribution in [0.5, 0.6) is 5.75 Å². The molecule has 1 rings (SSSR count). The normalized spacial score (nSPS) is 11.6. The summed E-state index contributed by atoms with van der Waals surface area (Å²) in [5, 5.41) is 9.01. The minimum Gasteiger partial charge on any atom is -0.495 e. The van der Waals surface area contributed by atoms with Crippen molar-refractivity contribution in [2.24, 2.45) is 0 Å². The van der Waals surface area contributed by atoms with Crippen LogP contribution < -0.4 is 9.46 Å². The third-order valence-electron chi connectivity index (χ3n) is 2.44. The van der Waals surface area contributed by atoms with E-state index in [9.17, 15) is 8.42 Å². The van der Waals surface area contributed by atoms with Gasteiger partial charge in [0.15, 0.2) is 0 Å². The first-order chi connectivity index (χ1) is 8.90. The summed E-state index contributed by atoms with van der Waals surface area (Å²) in [5.41, 5.74) is 0.349. The molecule has 108 valence electrons.